The lowest BCUT2D eigenvalue weighted by atomic mass is 10.1. The standard InChI is InChI=1S/C14H18Cl2N2O2/c1-9(2)6-10(3)17-18-14(19)8-20-13-5-4-11(15)7-12(13)16/h4-5,7,9H,6,8H2,1-3H3,(H,18,19)/b17-10+. The van der Waals surface area contributed by atoms with E-state index in [9.17, 15) is 4.79 Å². The lowest BCUT2D eigenvalue weighted by Gasteiger charge is -2.08. The second-order valence-corrected chi connectivity index (χ2v) is 5.69. The van der Waals surface area contributed by atoms with Crippen LogP contribution in [0.1, 0.15) is 27.2 Å². The fraction of sp³-hybridized carbons (Fsp3) is 0.429. The second kappa shape index (κ2) is 8.12. The molecule has 0 aromatic heterocycles. The summed E-state index contributed by atoms with van der Waals surface area (Å²) < 4.78 is 5.30. The van der Waals surface area contributed by atoms with Crippen LogP contribution in [0.25, 0.3) is 0 Å². The van der Waals surface area contributed by atoms with Crippen LogP contribution >= 0.6 is 23.2 Å². The van der Waals surface area contributed by atoms with Gasteiger partial charge in [-0.15, -0.1) is 0 Å². The average molecular weight is 317 g/mol. The SMILES string of the molecule is C/C(CC(C)C)=N\NC(=O)COc1ccc(Cl)cc1Cl. The van der Waals surface area contributed by atoms with Crippen molar-refractivity contribution in [2.24, 2.45) is 11.0 Å². The van der Waals surface area contributed by atoms with E-state index in [0.29, 0.717) is 21.7 Å². The summed E-state index contributed by atoms with van der Waals surface area (Å²) in [5.74, 6) is 0.577. The fourth-order valence-electron chi connectivity index (χ4n) is 1.56. The minimum Gasteiger partial charge on any atom is -0.482 e. The Labute approximate surface area is 129 Å². The Bertz CT molecular complexity index is 502. The topological polar surface area (TPSA) is 50.7 Å². The van der Waals surface area contributed by atoms with Gasteiger partial charge in [-0.1, -0.05) is 37.0 Å². The van der Waals surface area contributed by atoms with E-state index in [1.54, 1.807) is 18.2 Å². The van der Waals surface area contributed by atoms with E-state index in [4.69, 9.17) is 27.9 Å². The molecule has 1 N–H and O–H groups in total. The van der Waals surface area contributed by atoms with Crippen LogP contribution in [0.2, 0.25) is 10.0 Å². The molecular weight excluding hydrogens is 299 g/mol. The number of carbonyl (C=O) groups is 1. The number of ether oxygens (including phenoxy) is 1. The van der Waals surface area contributed by atoms with Gasteiger partial charge in [0, 0.05) is 10.7 Å². The second-order valence-electron chi connectivity index (χ2n) is 4.84. The Morgan fingerprint density at radius 3 is 2.70 bits per heavy atom. The highest BCUT2D eigenvalue weighted by molar-refractivity contribution is 6.35. The zero-order valence-corrected chi connectivity index (χ0v) is 13.3. The molecule has 0 aliphatic rings. The molecule has 1 aromatic rings. The highest BCUT2D eigenvalue weighted by Gasteiger charge is 2.06. The molecule has 0 unspecified atom stereocenters. The van der Waals surface area contributed by atoms with Crippen molar-refractivity contribution in [2.45, 2.75) is 27.2 Å². The first-order chi connectivity index (χ1) is 9.38. The quantitative estimate of drug-likeness (QED) is 0.639. The van der Waals surface area contributed by atoms with E-state index >= 15 is 0 Å². The van der Waals surface area contributed by atoms with Crippen molar-refractivity contribution >= 4 is 34.8 Å². The van der Waals surface area contributed by atoms with Crippen molar-refractivity contribution in [3.63, 3.8) is 0 Å². The molecule has 20 heavy (non-hydrogen) atoms. The average Bonchev–Trinajstić information content (AvgIpc) is 2.34. The monoisotopic (exact) mass is 316 g/mol. The molecule has 0 bridgehead atoms. The highest BCUT2D eigenvalue weighted by Crippen LogP contribution is 2.27. The molecule has 4 nitrogen and oxygen atoms in total. The molecule has 110 valence electrons. The number of hydrogen-bond acceptors (Lipinski definition) is 3. The van der Waals surface area contributed by atoms with E-state index < -0.39 is 0 Å². The van der Waals surface area contributed by atoms with Crippen molar-refractivity contribution in [3.05, 3.63) is 28.2 Å². The van der Waals surface area contributed by atoms with Crippen LogP contribution < -0.4 is 10.2 Å². The van der Waals surface area contributed by atoms with Crippen molar-refractivity contribution in [1.82, 2.24) is 5.43 Å². The molecule has 0 heterocycles. The maximum absolute atomic E-state index is 11.6. The number of amides is 1. The van der Waals surface area contributed by atoms with E-state index in [1.807, 2.05) is 6.92 Å². The zero-order chi connectivity index (χ0) is 15.1. The number of rotatable bonds is 6. The smallest absolute Gasteiger partial charge is 0.277 e. The summed E-state index contributed by atoms with van der Waals surface area (Å²) in [6.07, 6.45) is 0.837. The van der Waals surface area contributed by atoms with Crippen LogP contribution in [0.4, 0.5) is 0 Å². The summed E-state index contributed by atoms with van der Waals surface area (Å²) >= 11 is 11.7. The van der Waals surface area contributed by atoms with Gasteiger partial charge in [-0.3, -0.25) is 4.79 Å². The summed E-state index contributed by atoms with van der Waals surface area (Å²) in [6, 6.07) is 4.82. The molecule has 6 heteroatoms. The van der Waals surface area contributed by atoms with Gasteiger partial charge in [-0.2, -0.15) is 5.10 Å². The molecular formula is C14H18Cl2N2O2. The number of carbonyl (C=O) groups excluding carboxylic acids is 1. The van der Waals surface area contributed by atoms with Crippen LogP contribution in [-0.2, 0) is 4.79 Å². The summed E-state index contributed by atoms with van der Waals surface area (Å²) in [7, 11) is 0. The maximum Gasteiger partial charge on any atom is 0.277 e. The van der Waals surface area contributed by atoms with Gasteiger partial charge >= 0.3 is 0 Å². The first-order valence-corrected chi connectivity index (χ1v) is 7.04. The number of hydrazone groups is 1. The number of benzene rings is 1. The Morgan fingerprint density at radius 1 is 1.40 bits per heavy atom. The molecule has 0 aliphatic heterocycles. The first-order valence-electron chi connectivity index (χ1n) is 6.28. The lowest BCUT2D eigenvalue weighted by molar-refractivity contribution is -0.123. The van der Waals surface area contributed by atoms with Gasteiger partial charge in [0.1, 0.15) is 5.75 Å². The maximum atomic E-state index is 11.6. The molecule has 0 spiro atoms. The van der Waals surface area contributed by atoms with Gasteiger partial charge in [0.25, 0.3) is 5.91 Å². The Morgan fingerprint density at radius 2 is 2.10 bits per heavy atom. The minimum absolute atomic E-state index is 0.153. The third kappa shape index (κ3) is 6.26. The number of halogens is 2. The summed E-state index contributed by atoms with van der Waals surface area (Å²) in [4.78, 5) is 11.6. The van der Waals surface area contributed by atoms with Crippen LogP contribution in [0.3, 0.4) is 0 Å². The van der Waals surface area contributed by atoms with Gasteiger partial charge in [0.15, 0.2) is 6.61 Å². The molecule has 0 atom stereocenters. The summed E-state index contributed by atoms with van der Waals surface area (Å²) in [5, 5.41) is 4.88. The molecule has 0 radical (unpaired) electrons. The molecule has 0 fully saturated rings. The highest BCUT2D eigenvalue weighted by atomic mass is 35.5. The largest absolute Gasteiger partial charge is 0.482 e. The third-order valence-electron chi connectivity index (χ3n) is 2.33. The van der Waals surface area contributed by atoms with Gasteiger partial charge in [0.2, 0.25) is 0 Å². The molecule has 1 rings (SSSR count). The summed E-state index contributed by atoms with van der Waals surface area (Å²) in [6.45, 7) is 5.90. The minimum atomic E-state index is -0.334. The van der Waals surface area contributed by atoms with Crippen molar-refractivity contribution in [1.29, 1.82) is 0 Å². The van der Waals surface area contributed by atoms with Gasteiger partial charge in [-0.25, -0.2) is 5.43 Å². The predicted molar refractivity (Wildman–Crippen MR) is 82.7 cm³/mol. The molecule has 0 saturated heterocycles. The van der Waals surface area contributed by atoms with E-state index in [1.165, 1.54) is 0 Å². The van der Waals surface area contributed by atoms with E-state index in [0.717, 1.165) is 12.1 Å². The normalized spacial score (nSPS) is 11.6. The third-order valence-corrected chi connectivity index (χ3v) is 2.86. The summed E-state index contributed by atoms with van der Waals surface area (Å²) in [5.41, 5.74) is 3.32. The number of nitrogens with one attached hydrogen (secondary N) is 1. The lowest BCUT2D eigenvalue weighted by Crippen LogP contribution is -2.25. The van der Waals surface area contributed by atoms with Crippen molar-refractivity contribution < 1.29 is 9.53 Å². The van der Waals surface area contributed by atoms with Crippen LogP contribution in [0, 0.1) is 5.92 Å². The van der Waals surface area contributed by atoms with Crippen molar-refractivity contribution in [2.75, 3.05) is 6.61 Å². The predicted octanol–water partition coefficient (Wildman–Crippen LogP) is 3.91. The zero-order valence-electron chi connectivity index (χ0n) is 11.7. The Balaban J connectivity index is 2.43. The van der Waals surface area contributed by atoms with E-state index in [2.05, 4.69) is 24.4 Å². The van der Waals surface area contributed by atoms with Crippen molar-refractivity contribution in [3.8, 4) is 5.75 Å². The molecule has 0 saturated carbocycles. The molecule has 0 aliphatic carbocycles. The fourth-order valence-corrected chi connectivity index (χ4v) is 2.03. The van der Waals surface area contributed by atoms with Crippen LogP contribution in [0.15, 0.2) is 23.3 Å². The molecule has 1 aromatic carbocycles. The number of nitrogens with zero attached hydrogens (tertiary/aromatic N) is 1. The number of hydrogen-bond donors (Lipinski definition) is 1. The van der Waals surface area contributed by atoms with Gasteiger partial charge in [-0.05, 0) is 37.5 Å². The van der Waals surface area contributed by atoms with Crippen LogP contribution in [0.5, 0.6) is 5.75 Å². The van der Waals surface area contributed by atoms with E-state index in [-0.39, 0.29) is 12.5 Å². The van der Waals surface area contributed by atoms with Gasteiger partial charge in [0.05, 0.1) is 5.02 Å². The van der Waals surface area contributed by atoms with Crippen LogP contribution in [-0.4, -0.2) is 18.2 Å². The Kier molecular flexibility index (Phi) is 6.82. The first kappa shape index (κ1) is 16.8. The van der Waals surface area contributed by atoms with Gasteiger partial charge < -0.3 is 4.74 Å². The Hall–Kier alpha value is -1.26. The molecule has 1 amide bonds.